The number of amides is 3. The van der Waals surface area contributed by atoms with Crippen LogP contribution in [0.4, 0.5) is 10.7 Å². The first kappa shape index (κ1) is 37.8. The minimum atomic E-state index is -0.504. The molecule has 6 rings (SSSR count). The zero-order valence-electron chi connectivity index (χ0n) is 29.2. The van der Waals surface area contributed by atoms with Gasteiger partial charge in [-0.2, -0.15) is 0 Å². The van der Waals surface area contributed by atoms with E-state index in [1.54, 1.807) is 48.5 Å². The van der Waals surface area contributed by atoms with Crippen molar-refractivity contribution in [1.29, 1.82) is 0 Å². The van der Waals surface area contributed by atoms with Gasteiger partial charge in [0.1, 0.15) is 10.7 Å². The third kappa shape index (κ3) is 9.53. The Bertz CT molecular complexity index is 2140. The molecule has 1 aromatic heterocycles. The number of esters is 1. The zero-order valence-corrected chi connectivity index (χ0v) is 32.4. The molecule has 53 heavy (non-hydrogen) atoms. The van der Waals surface area contributed by atoms with Gasteiger partial charge >= 0.3 is 5.97 Å². The molecule has 0 aliphatic heterocycles. The second kappa shape index (κ2) is 17.7. The van der Waals surface area contributed by atoms with Gasteiger partial charge < -0.3 is 20.7 Å². The molecule has 0 bridgehead atoms. The van der Waals surface area contributed by atoms with Crippen molar-refractivity contribution in [3.63, 3.8) is 0 Å². The molecule has 2 unspecified atom stereocenters. The summed E-state index contributed by atoms with van der Waals surface area (Å²) in [5.41, 5.74) is 4.39. The minimum absolute atomic E-state index is 0.0696. The summed E-state index contributed by atoms with van der Waals surface area (Å²) in [5.74, 6) is -1.25. The van der Waals surface area contributed by atoms with Crippen molar-refractivity contribution in [3.8, 4) is 0 Å². The number of anilines is 2. The summed E-state index contributed by atoms with van der Waals surface area (Å²) in [4.78, 5) is 55.4. The second-order valence-electron chi connectivity index (χ2n) is 12.5. The lowest BCUT2D eigenvalue weighted by Crippen LogP contribution is -2.30. The first-order chi connectivity index (χ1) is 25.7. The van der Waals surface area contributed by atoms with E-state index in [9.17, 15) is 19.2 Å². The molecule has 4 aromatic carbocycles. The van der Waals surface area contributed by atoms with Crippen LogP contribution in [0.3, 0.4) is 0 Å². The third-order valence-electron chi connectivity index (χ3n) is 8.91. The normalized spacial score (nSPS) is 14.4. The molecule has 3 amide bonds. The highest BCUT2D eigenvalue weighted by Gasteiger charge is 2.31. The molecule has 0 saturated carbocycles. The molecule has 8 nitrogen and oxygen atoms in total. The highest BCUT2D eigenvalue weighted by Crippen LogP contribution is 2.43. The van der Waals surface area contributed by atoms with Gasteiger partial charge in [-0.25, -0.2) is 4.79 Å². The SMILES string of the molecule is CCC(Sc1cccc(NC(=O)/C(=C/c2ccc(Br)cc2)NC(=O)c2ccccc2)c1)C(=O)Nc1sc2c(c1C(=O)OC)CCC(c1ccccc1)C2. The number of thiophene rings is 1. The number of methoxy groups -OCH3 is 1. The molecule has 1 aliphatic rings. The molecule has 0 saturated heterocycles. The van der Waals surface area contributed by atoms with E-state index in [0.29, 0.717) is 34.2 Å². The number of ether oxygens (including phenoxy) is 1. The van der Waals surface area contributed by atoms with Crippen LogP contribution in [-0.4, -0.2) is 36.1 Å². The summed E-state index contributed by atoms with van der Waals surface area (Å²) in [7, 11) is 1.36. The number of hydrogen-bond donors (Lipinski definition) is 3. The van der Waals surface area contributed by atoms with E-state index in [1.165, 1.54) is 35.8 Å². The number of fused-ring (bicyclic) bond motifs is 1. The van der Waals surface area contributed by atoms with Gasteiger partial charge in [0.15, 0.2) is 0 Å². The molecule has 2 atom stereocenters. The van der Waals surface area contributed by atoms with Crippen LogP contribution in [0.2, 0.25) is 0 Å². The van der Waals surface area contributed by atoms with Crippen LogP contribution in [-0.2, 0) is 27.2 Å². The summed E-state index contributed by atoms with van der Waals surface area (Å²) in [6, 6.07) is 33.7. The number of rotatable bonds is 12. The monoisotopic (exact) mass is 807 g/mol. The van der Waals surface area contributed by atoms with Crippen LogP contribution in [0.5, 0.6) is 0 Å². The fraction of sp³-hybridized carbons (Fsp3) is 0.190. The molecule has 0 spiro atoms. The Kier molecular flexibility index (Phi) is 12.6. The summed E-state index contributed by atoms with van der Waals surface area (Å²) < 4.78 is 6.05. The predicted molar refractivity (Wildman–Crippen MR) is 217 cm³/mol. The first-order valence-corrected chi connectivity index (χ1v) is 19.7. The molecule has 3 N–H and O–H groups in total. The van der Waals surface area contributed by atoms with Crippen LogP contribution < -0.4 is 16.0 Å². The first-order valence-electron chi connectivity index (χ1n) is 17.2. The van der Waals surface area contributed by atoms with Crippen molar-refractivity contribution in [1.82, 2.24) is 5.32 Å². The Morgan fingerprint density at radius 3 is 2.34 bits per heavy atom. The molecule has 1 aliphatic carbocycles. The lowest BCUT2D eigenvalue weighted by molar-refractivity contribution is -0.116. The van der Waals surface area contributed by atoms with Gasteiger partial charge in [0.05, 0.1) is 17.9 Å². The largest absolute Gasteiger partial charge is 0.465 e. The van der Waals surface area contributed by atoms with Gasteiger partial charge in [0, 0.05) is 25.5 Å². The number of thioether (sulfide) groups is 1. The lowest BCUT2D eigenvalue weighted by atomic mass is 9.83. The number of carbonyl (C=O) groups is 4. The highest BCUT2D eigenvalue weighted by atomic mass is 79.9. The average Bonchev–Trinajstić information content (AvgIpc) is 3.54. The van der Waals surface area contributed by atoms with E-state index >= 15 is 0 Å². The quantitative estimate of drug-likeness (QED) is 0.0658. The van der Waals surface area contributed by atoms with Gasteiger partial charge in [-0.15, -0.1) is 23.1 Å². The summed E-state index contributed by atoms with van der Waals surface area (Å²) in [6.45, 7) is 1.93. The van der Waals surface area contributed by atoms with E-state index in [-0.39, 0.29) is 11.6 Å². The van der Waals surface area contributed by atoms with E-state index < -0.39 is 23.0 Å². The van der Waals surface area contributed by atoms with Crippen LogP contribution in [0.25, 0.3) is 6.08 Å². The number of nitrogens with one attached hydrogen (secondary N) is 3. The van der Waals surface area contributed by atoms with Crippen molar-refractivity contribution in [2.45, 2.75) is 48.7 Å². The number of benzene rings is 4. The van der Waals surface area contributed by atoms with E-state index in [0.717, 1.165) is 44.6 Å². The minimum Gasteiger partial charge on any atom is -0.465 e. The molecule has 270 valence electrons. The number of carbonyl (C=O) groups excluding carboxylic acids is 4. The Morgan fingerprint density at radius 1 is 0.925 bits per heavy atom. The molecule has 0 fully saturated rings. The van der Waals surface area contributed by atoms with Crippen LogP contribution in [0, 0.1) is 0 Å². The Morgan fingerprint density at radius 2 is 1.64 bits per heavy atom. The molecule has 5 aromatic rings. The number of hydrogen-bond acceptors (Lipinski definition) is 7. The standard InChI is InChI=1S/C42H38BrN3O5S2/c1-3-35(40(49)46-41-37(42(50)51-2)33-22-19-29(24-36(33)53-41)27-11-6-4-7-12-27)52-32-16-10-15-31(25-32)44-39(48)34(23-26-17-20-30(43)21-18-26)45-38(47)28-13-8-5-9-14-28/h4-18,20-21,23,25,29,35H,3,19,22,24H2,1-2H3,(H,44,48)(H,45,47)(H,46,49)/b34-23-. The van der Waals surface area contributed by atoms with Gasteiger partial charge in [-0.3, -0.25) is 14.4 Å². The summed E-state index contributed by atoms with van der Waals surface area (Å²) in [6.07, 6.45) is 4.57. The summed E-state index contributed by atoms with van der Waals surface area (Å²) >= 11 is 6.25. The Balaban J connectivity index is 1.17. The van der Waals surface area contributed by atoms with E-state index in [1.807, 2.05) is 61.5 Å². The van der Waals surface area contributed by atoms with E-state index in [2.05, 4.69) is 44.0 Å². The van der Waals surface area contributed by atoms with Crippen molar-refractivity contribution in [2.75, 3.05) is 17.7 Å². The van der Waals surface area contributed by atoms with Crippen molar-refractivity contribution >= 4 is 79.5 Å². The predicted octanol–water partition coefficient (Wildman–Crippen LogP) is 9.49. The highest BCUT2D eigenvalue weighted by molar-refractivity contribution is 9.10. The maximum atomic E-state index is 13.8. The van der Waals surface area contributed by atoms with E-state index in [4.69, 9.17) is 4.74 Å². The molecule has 1 heterocycles. The van der Waals surface area contributed by atoms with Crippen molar-refractivity contribution in [3.05, 3.63) is 152 Å². The van der Waals surface area contributed by atoms with Gasteiger partial charge in [-0.1, -0.05) is 89.6 Å². The molecule has 0 radical (unpaired) electrons. The number of halogens is 1. The van der Waals surface area contributed by atoms with Gasteiger partial charge in [-0.05, 0) is 96.8 Å². The topological polar surface area (TPSA) is 114 Å². The molecular weight excluding hydrogens is 771 g/mol. The van der Waals surface area contributed by atoms with Gasteiger partial charge in [0.25, 0.3) is 11.8 Å². The maximum Gasteiger partial charge on any atom is 0.341 e. The Labute approximate surface area is 325 Å². The fourth-order valence-electron chi connectivity index (χ4n) is 6.19. The van der Waals surface area contributed by atoms with Gasteiger partial charge in [0.2, 0.25) is 5.91 Å². The van der Waals surface area contributed by atoms with Crippen LogP contribution in [0.15, 0.2) is 124 Å². The fourth-order valence-corrected chi connectivity index (χ4v) is 8.79. The molecular formula is C42H38BrN3O5S2. The Hall–Kier alpha value is -4.97. The van der Waals surface area contributed by atoms with Crippen molar-refractivity contribution in [2.24, 2.45) is 0 Å². The van der Waals surface area contributed by atoms with Crippen LogP contribution in [0.1, 0.15) is 68.0 Å². The van der Waals surface area contributed by atoms with Crippen LogP contribution >= 0.6 is 39.0 Å². The average molecular weight is 809 g/mol. The smallest absolute Gasteiger partial charge is 0.341 e. The lowest BCUT2D eigenvalue weighted by Gasteiger charge is -2.22. The zero-order chi connectivity index (χ0) is 37.3. The van der Waals surface area contributed by atoms with Crippen molar-refractivity contribution < 1.29 is 23.9 Å². The summed E-state index contributed by atoms with van der Waals surface area (Å²) in [5, 5.41) is 8.77. The molecule has 11 heteroatoms. The maximum absolute atomic E-state index is 13.8. The third-order valence-corrected chi connectivity index (χ3v) is 12.0. The second-order valence-corrected chi connectivity index (χ2v) is 15.8.